The molecule has 0 N–H and O–H groups in total. The van der Waals surface area contributed by atoms with Gasteiger partial charge in [-0.2, -0.15) is 0 Å². The molecule has 0 aliphatic heterocycles. The Morgan fingerprint density at radius 2 is 1.83 bits per heavy atom. The highest BCUT2D eigenvalue weighted by molar-refractivity contribution is 7.21. The van der Waals surface area contributed by atoms with Gasteiger partial charge in [0.1, 0.15) is 5.01 Å². The van der Waals surface area contributed by atoms with Crippen LogP contribution in [-0.2, 0) is 0 Å². The van der Waals surface area contributed by atoms with Gasteiger partial charge in [-0.15, -0.1) is 11.3 Å². The first-order valence-corrected chi connectivity index (χ1v) is 6.97. The minimum absolute atomic E-state index is 0.750. The lowest BCUT2D eigenvalue weighted by atomic mass is 10.1. The molecule has 3 rings (SSSR count). The highest BCUT2D eigenvalue weighted by Crippen LogP contribution is 2.34. The molecule has 90 valence electrons. The second-order valence-corrected chi connectivity index (χ2v) is 5.84. The summed E-state index contributed by atoms with van der Waals surface area (Å²) in [6, 6.07) is 12.1. The zero-order valence-corrected chi connectivity index (χ0v) is 11.8. The van der Waals surface area contributed by atoms with E-state index in [2.05, 4.69) is 26.0 Å². The van der Waals surface area contributed by atoms with Gasteiger partial charge in [0.15, 0.2) is 0 Å². The fraction of sp³-hybridized carbons (Fsp3) is 0.133. The smallest absolute Gasteiger partial charge is 0.124 e. The molecule has 0 fully saturated rings. The third-order valence-electron chi connectivity index (χ3n) is 3.01. The zero-order valence-electron chi connectivity index (χ0n) is 10.2. The van der Waals surface area contributed by atoms with Crippen LogP contribution in [0, 0.1) is 13.8 Å². The van der Waals surface area contributed by atoms with Crippen molar-refractivity contribution in [1.29, 1.82) is 0 Å². The van der Waals surface area contributed by atoms with Crippen molar-refractivity contribution in [1.82, 2.24) is 4.98 Å². The van der Waals surface area contributed by atoms with Crippen molar-refractivity contribution < 1.29 is 0 Å². The number of aryl methyl sites for hydroxylation is 2. The topological polar surface area (TPSA) is 12.9 Å². The van der Waals surface area contributed by atoms with Gasteiger partial charge in [-0.3, -0.25) is 0 Å². The summed E-state index contributed by atoms with van der Waals surface area (Å²) in [7, 11) is 0. The Morgan fingerprint density at radius 3 is 2.56 bits per heavy atom. The fourth-order valence-electron chi connectivity index (χ4n) is 2.00. The molecule has 3 aromatic rings. The van der Waals surface area contributed by atoms with E-state index in [4.69, 9.17) is 16.6 Å². The lowest BCUT2D eigenvalue weighted by Gasteiger charge is -1.96. The Morgan fingerprint density at radius 1 is 1.06 bits per heavy atom. The van der Waals surface area contributed by atoms with E-state index in [1.165, 1.54) is 15.8 Å². The van der Waals surface area contributed by atoms with Crippen molar-refractivity contribution in [2.24, 2.45) is 0 Å². The molecule has 18 heavy (non-hydrogen) atoms. The van der Waals surface area contributed by atoms with Gasteiger partial charge in [0.25, 0.3) is 0 Å². The molecular weight excluding hydrogens is 262 g/mol. The molecule has 1 heterocycles. The van der Waals surface area contributed by atoms with Gasteiger partial charge >= 0.3 is 0 Å². The molecule has 1 nitrogen and oxygen atoms in total. The average molecular weight is 274 g/mol. The molecule has 0 aliphatic carbocycles. The highest BCUT2D eigenvalue weighted by atomic mass is 35.5. The molecule has 0 saturated heterocycles. The molecule has 0 radical (unpaired) electrons. The fourth-order valence-corrected chi connectivity index (χ4v) is 3.30. The van der Waals surface area contributed by atoms with Gasteiger partial charge in [0.05, 0.1) is 10.2 Å². The summed E-state index contributed by atoms with van der Waals surface area (Å²) in [6.45, 7) is 4.23. The quantitative estimate of drug-likeness (QED) is 0.591. The van der Waals surface area contributed by atoms with Crippen LogP contribution in [0.5, 0.6) is 0 Å². The van der Waals surface area contributed by atoms with Crippen LogP contribution in [0.15, 0.2) is 36.4 Å². The number of benzene rings is 2. The first-order valence-electron chi connectivity index (χ1n) is 5.78. The summed E-state index contributed by atoms with van der Waals surface area (Å²) in [5, 5.41) is 1.78. The summed E-state index contributed by atoms with van der Waals surface area (Å²) < 4.78 is 1.27. The van der Waals surface area contributed by atoms with Crippen LogP contribution < -0.4 is 0 Å². The maximum absolute atomic E-state index is 6.03. The van der Waals surface area contributed by atoms with Crippen LogP contribution in [0.1, 0.15) is 11.1 Å². The molecule has 3 heteroatoms. The zero-order chi connectivity index (χ0) is 12.7. The van der Waals surface area contributed by atoms with Gasteiger partial charge in [-0.1, -0.05) is 35.9 Å². The highest BCUT2D eigenvalue weighted by Gasteiger charge is 2.10. The Hall–Kier alpha value is -1.38. The first-order chi connectivity index (χ1) is 8.65. The average Bonchev–Trinajstić information content (AvgIpc) is 2.80. The van der Waals surface area contributed by atoms with Gasteiger partial charge < -0.3 is 0 Å². The Kier molecular flexibility index (Phi) is 2.84. The Labute approximate surface area is 115 Å². The molecule has 2 aromatic carbocycles. The number of nitrogens with zero attached hydrogens (tertiary/aromatic N) is 1. The summed E-state index contributed by atoms with van der Waals surface area (Å²) in [4.78, 5) is 4.74. The predicted molar refractivity (Wildman–Crippen MR) is 79.5 cm³/mol. The normalized spacial score (nSPS) is 11.1. The SMILES string of the molecule is Cc1ccc(C)c2sc(-c3cccc(Cl)c3)nc12. The van der Waals surface area contributed by atoms with Crippen molar-refractivity contribution in [3.63, 3.8) is 0 Å². The van der Waals surface area contributed by atoms with Crippen molar-refractivity contribution in [2.45, 2.75) is 13.8 Å². The maximum atomic E-state index is 6.03. The number of thiazole rings is 1. The van der Waals surface area contributed by atoms with E-state index in [0.717, 1.165) is 21.1 Å². The maximum Gasteiger partial charge on any atom is 0.124 e. The Balaban J connectivity index is 2.26. The predicted octanol–water partition coefficient (Wildman–Crippen LogP) is 5.23. The minimum atomic E-state index is 0.750. The van der Waals surface area contributed by atoms with E-state index in [1.807, 2.05) is 24.3 Å². The van der Waals surface area contributed by atoms with Crippen molar-refractivity contribution >= 4 is 33.2 Å². The summed E-state index contributed by atoms with van der Waals surface area (Å²) in [5.74, 6) is 0. The van der Waals surface area contributed by atoms with E-state index >= 15 is 0 Å². The first kappa shape index (κ1) is 11.7. The molecule has 0 spiro atoms. The molecule has 1 aromatic heterocycles. The number of hydrogen-bond donors (Lipinski definition) is 0. The van der Waals surface area contributed by atoms with Crippen LogP contribution in [-0.4, -0.2) is 4.98 Å². The number of halogens is 1. The van der Waals surface area contributed by atoms with Gasteiger partial charge in [-0.05, 0) is 37.1 Å². The summed E-state index contributed by atoms with van der Waals surface area (Å²) in [6.07, 6.45) is 0. The van der Waals surface area contributed by atoms with Crippen molar-refractivity contribution in [3.05, 3.63) is 52.5 Å². The lowest BCUT2D eigenvalue weighted by molar-refractivity contribution is 1.40. The van der Waals surface area contributed by atoms with Gasteiger partial charge in [0.2, 0.25) is 0 Å². The van der Waals surface area contributed by atoms with Crippen molar-refractivity contribution in [3.8, 4) is 10.6 Å². The number of fused-ring (bicyclic) bond motifs is 1. The van der Waals surface area contributed by atoms with Crippen LogP contribution in [0.2, 0.25) is 5.02 Å². The van der Waals surface area contributed by atoms with Gasteiger partial charge in [0, 0.05) is 10.6 Å². The van der Waals surface area contributed by atoms with E-state index in [-0.39, 0.29) is 0 Å². The van der Waals surface area contributed by atoms with Crippen LogP contribution in [0.25, 0.3) is 20.8 Å². The lowest BCUT2D eigenvalue weighted by Crippen LogP contribution is -1.79. The molecule has 0 unspecified atom stereocenters. The Bertz CT molecular complexity index is 691. The second-order valence-electron chi connectivity index (χ2n) is 4.41. The van der Waals surface area contributed by atoms with Crippen LogP contribution in [0.4, 0.5) is 0 Å². The van der Waals surface area contributed by atoms with E-state index < -0.39 is 0 Å². The molecule has 0 bridgehead atoms. The number of hydrogen-bond acceptors (Lipinski definition) is 2. The number of aromatic nitrogens is 1. The van der Waals surface area contributed by atoms with Crippen LogP contribution >= 0.6 is 22.9 Å². The standard InChI is InChI=1S/C15H12ClNS/c1-9-6-7-10(2)14-13(9)17-15(18-14)11-4-3-5-12(16)8-11/h3-8H,1-2H3. The summed E-state index contributed by atoms with van der Waals surface area (Å²) >= 11 is 7.76. The number of rotatable bonds is 1. The van der Waals surface area contributed by atoms with E-state index in [1.54, 1.807) is 11.3 Å². The molecule has 0 amide bonds. The monoisotopic (exact) mass is 273 g/mol. The molecule has 0 atom stereocenters. The second kappa shape index (κ2) is 4.38. The third-order valence-corrected chi connectivity index (χ3v) is 4.49. The minimum Gasteiger partial charge on any atom is -0.236 e. The molecule has 0 saturated carbocycles. The summed E-state index contributed by atoms with van der Waals surface area (Å²) in [5.41, 5.74) is 4.69. The van der Waals surface area contributed by atoms with E-state index in [0.29, 0.717) is 0 Å². The van der Waals surface area contributed by atoms with E-state index in [9.17, 15) is 0 Å². The molecule has 0 aliphatic rings. The van der Waals surface area contributed by atoms with Gasteiger partial charge in [-0.25, -0.2) is 4.98 Å². The third kappa shape index (κ3) is 1.92. The largest absolute Gasteiger partial charge is 0.236 e. The molecular formula is C15H12ClNS. The van der Waals surface area contributed by atoms with Crippen LogP contribution in [0.3, 0.4) is 0 Å². The van der Waals surface area contributed by atoms with Crippen molar-refractivity contribution in [2.75, 3.05) is 0 Å².